The normalized spacial score (nSPS) is 10.6. The minimum absolute atomic E-state index is 0.357. The number of benzene rings is 1. The quantitative estimate of drug-likeness (QED) is 0.700. The van der Waals surface area contributed by atoms with Gasteiger partial charge in [0.2, 0.25) is 0 Å². The van der Waals surface area contributed by atoms with Crippen LogP contribution in [0, 0.1) is 5.82 Å². The first-order chi connectivity index (χ1) is 8.08. The van der Waals surface area contributed by atoms with Crippen LogP contribution in [0.15, 0.2) is 32.5 Å². The Morgan fingerprint density at radius 1 is 1.29 bits per heavy atom. The summed E-state index contributed by atoms with van der Waals surface area (Å²) in [6.45, 7) is 0.641. The van der Waals surface area contributed by atoms with Crippen LogP contribution in [0.1, 0.15) is 4.88 Å². The largest absolute Gasteiger partial charge is 0.378 e. The first-order valence-corrected chi connectivity index (χ1v) is 7.52. The fourth-order valence-corrected chi connectivity index (χ4v) is 3.72. The lowest BCUT2D eigenvalue weighted by atomic mass is 10.3. The molecular formula is C11H7Br2ClFNS. The summed E-state index contributed by atoms with van der Waals surface area (Å²) in [7, 11) is 0. The van der Waals surface area contributed by atoms with Crippen molar-refractivity contribution in [1.82, 2.24) is 0 Å². The van der Waals surface area contributed by atoms with Gasteiger partial charge in [0.25, 0.3) is 0 Å². The Morgan fingerprint density at radius 2 is 2.06 bits per heavy atom. The fraction of sp³-hybridized carbons (Fsp3) is 0.0909. The molecule has 1 N–H and O–H groups in total. The molecule has 90 valence electrons. The average Bonchev–Trinajstić information content (AvgIpc) is 2.62. The van der Waals surface area contributed by atoms with Crippen molar-refractivity contribution in [1.29, 1.82) is 0 Å². The van der Waals surface area contributed by atoms with Crippen molar-refractivity contribution in [2.75, 3.05) is 5.32 Å². The fourth-order valence-electron chi connectivity index (χ4n) is 1.33. The van der Waals surface area contributed by atoms with Crippen molar-refractivity contribution in [2.24, 2.45) is 0 Å². The standard InChI is InChI=1S/C11H7Br2ClFNS/c12-7-1-2-17-10(7)5-16-11-8(13)3-6(15)4-9(11)14/h1-4,16H,5H2. The number of halogens is 4. The summed E-state index contributed by atoms with van der Waals surface area (Å²) in [4.78, 5) is 1.16. The molecule has 2 rings (SSSR count). The van der Waals surface area contributed by atoms with Gasteiger partial charge in [-0.1, -0.05) is 11.6 Å². The molecule has 1 aromatic carbocycles. The van der Waals surface area contributed by atoms with Crippen molar-refractivity contribution in [2.45, 2.75) is 6.54 Å². The lowest BCUT2D eigenvalue weighted by Crippen LogP contribution is -2.00. The maximum Gasteiger partial charge on any atom is 0.125 e. The highest BCUT2D eigenvalue weighted by molar-refractivity contribution is 9.11. The average molecular weight is 400 g/mol. The van der Waals surface area contributed by atoms with E-state index in [-0.39, 0.29) is 5.82 Å². The van der Waals surface area contributed by atoms with Crippen molar-refractivity contribution in [3.05, 3.63) is 48.2 Å². The van der Waals surface area contributed by atoms with E-state index < -0.39 is 0 Å². The van der Waals surface area contributed by atoms with Crippen molar-refractivity contribution in [3.63, 3.8) is 0 Å². The van der Waals surface area contributed by atoms with Crippen LogP contribution in [0.3, 0.4) is 0 Å². The molecule has 0 aliphatic heterocycles. The van der Waals surface area contributed by atoms with E-state index in [1.165, 1.54) is 12.1 Å². The van der Waals surface area contributed by atoms with Crippen molar-refractivity contribution >= 4 is 60.5 Å². The molecule has 0 saturated carbocycles. The second kappa shape index (κ2) is 5.69. The molecule has 0 unspecified atom stereocenters. The Labute approximate surface area is 124 Å². The van der Waals surface area contributed by atoms with Crippen LogP contribution >= 0.6 is 54.8 Å². The minimum Gasteiger partial charge on any atom is -0.378 e. The van der Waals surface area contributed by atoms with Gasteiger partial charge in [-0.3, -0.25) is 0 Å². The zero-order valence-electron chi connectivity index (χ0n) is 8.44. The van der Waals surface area contributed by atoms with E-state index >= 15 is 0 Å². The van der Waals surface area contributed by atoms with Gasteiger partial charge in [0.15, 0.2) is 0 Å². The zero-order chi connectivity index (χ0) is 12.4. The smallest absolute Gasteiger partial charge is 0.125 e. The van der Waals surface area contributed by atoms with Crippen LogP contribution in [-0.4, -0.2) is 0 Å². The molecule has 1 nitrogen and oxygen atoms in total. The number of nitrogens with one attached hydrogen (secondary N) is 1. The van der Waals surface area contributed by atoms with Crippen LogP contribution in [0.25, 0.3) is 0 Å². The molecule has 0 aliphatic rings. The molecule has 0 atom stereocenters. The Morgan fingerprint density at radius 3 is 2.65 bits per heavy atom. The van der Waals surface area contributed by atoms with Gasteiger partial charge < -0.3 is 5.32 Å². The zero-order valence-corrected chi connectivity index (χ0v) is 13.2. The van der Waals surface area contributed by atoms with E-state index in [0.717, 1.165) is 9.35 Å². The number of anilines is 1. The van der Waals surface area contributed by atoms with E-state index in [2.05, 4.69) is 37.2 Å². The molecular weight excluding hydrogens is 392 g/mol. The van der Waals surface area contributed by atoms with Crippen molar-refractivity contribution < 1.29 is 4.39 Å². The molecule has 6 heteroatoms. The molecule has 1 heterocycles. The van der Waals surface area contributed by atoms with Gasteiger partial charge in [0.1, 0.15) is 5.82 Å². The summed E-state index contributed by atoms with van der Waals surface area (Å²) in [5.74, 6) is -0.357. The highest BCUT2D eigenvalue weighted by atomic mass is 79.9. The third-order valence-corrected chi connectivity index (χ3v) is 4.97. The number of rotatable bonds is 3. The van der Waals surface area contributed by atoms with E-state index in [1.807, 2.05) is 11.4 Å². The molecule has 0 amide bonds. The van der Waals surface area contributed by atoms with Crippen LogP contribution < -0.4 is 5.32 Å². The summed E-state index contributed by atoms with van der Waals surface area (Å²) < 4.78 is 14.7. The third-order valence-electron chi connectivity index (χ3n) is 2.12. The summed E-state index contributed by atoms with van der Waals surface area (Å²) in [5.41, 5.74) is 0.702. The van der Waals surface area contributed by atoms with Crippen molar-refractivity contribution in [3.8, 4) is 0 Å². The molecule has 0 spiro atoms. The topological polar surface area (TPSA) is 12.0 Å². The van der Waals surface area contributed by atoms with Gasteiger partial charge in [-0.15, -0.1) is 11.3 Å². The number of thiophene rings is 1. The Balaban J connectivity index is 2.17. The van der Waals surface area contributed by atoms with Crippen LogP contribution in [-0.2, 0) is 6.54 Å². The van der Waals surface area contributed by atoms with Crippen LogP contribution in [0.4, 0.5) is 10.1 Å². The van der Waals surface area contributed by atoms with E-state index in [0.29, 0.717) is 21.7 Å². The predicted molar refractivity (Wildman–Crippen MR) is 78.5 cm³/mol. The first kappa shape index (κ1) is 13.3. The SMILES string of the molecule is Fc1cc(Cl)c(NCc2sccc2Br)c(Br)c1. The second-order valence-corrected chi connectivity index (χ2v) is 6.41. The molecule has 0 radical (unpaired) electrons. The maximum atomic E-state index is 13.0. The van der Waals surface area contributed by atoms with Gasteiger partial charge >= 0.3 is 0 Å². The highest BCUT2D eigenvalue weighted by Crippen LogP contribution is 2.33. The summed E-state index contributed by atoms with van der Waals surface area (Å²) in [6.07, 6.45) is 0. The third kappa shape index (κ3) is 3.22. The lowest BCUT2D eigenvalue weighted by Gasteiger charge is -2.10. The minimum atomic E-state index is -0.357. The van der Waals surface area contributed by atoms with E-state index in [9.17, 15) is 4.39 Å². The van der Waals surface area contributed by atoms with Gasteiger partial charge in [-0.05, 0) is 55.4 Å². The summed E-state index contributed by atoms with van der Waals surface area (Å²) in [5, 5.41) is 5.55. The molecule has 2 aromatic rings. The Kier molecular flexibility index (Phi) is 4.47. The van der Waals surface area contributed by atoms with Gasteiger partial charge in [-0.25, -0.2) is 4.39 Å². The lowest BCUT2D eigenvalue weighted by molar-refractivity contribution is 0.627. The molecule has 0 bridgehead atoms. The maximum absolute atomic E-state index is 13.0. The van der Waals surface area contributed by atoms with Crippen LogP contribution in [0.5, 0.6) is 0 Å². The Bertz CT molecular complexity index is 521. The van der Waals surface area contributed by atoms with Gasteiger partial charge in [0.05, 0.1) is 17.3 Å². The molecule has 1 aromatic heterocycles. The highest BCUT2D eigenvalue weighted by Gasteiger charge is 2.09. The monoisotopic (exact) mass is 397 g/mol. The van der Waals surface area contributed by atoms with E-state index in [4.69, 9.17) is 11.6 Å². The number of hydrogen-bond donors (Lipinski definition) is 1. The first-order valence-electron chi connectivity index (χ1n) is 4.68. The Hall–Kier alpha value is -0.100. The van der Waals surface area contributed by atoms with E-state index in [1.54, 1.807) is 11.3 Å². The summed E-state index contributed by atoms with van der Waals surface area (Å²) in [6, 6.07) is 4.67. The molecule has 0 fully saturated rings. The number of hydrogen-bond acceptors (Lipinski definition) is 2. The predicted octanol–water partition coefficient (Wildman–Crippen LogP) is 5.68. The van der Waals surface area contributed by atoms with Gasteiger partial charge in [-0.2, -0.15) is 0 Å². The molecule has 0 aliphatic carbocycles. The molecule has 17 heavy (non-hydrogen) atoms. The second-order valence-electron chi connectivity index (χ2n) is 3.29. The summed E-state index contributed by atoms with van der Waals surface area (Å²) >= 11 is 14.4. The molecule has 0 saturated heterocycles. The van der Waals surface area contributed by atoms with Gasteiger partial charge in [0, 0.05) is 13.8 Å². The van der Waals surface area contributed by atoms with Crippen LogP contribution in [0.2, 0.25) is 5.02 Å².